The predicted molar refractivity (Wildman–Crippen MR) is 94.6 cm³/mol. The fraction of sp³-hybridized carbons (Fsp3) is 0.556. The molecule has 1 aliphatic carbocycles. The van der Waals surface area contributed by atoms with Crippen LogP contribution in [0.3, 0.4) is 0 Å². The number of halogens is 5. The van der Waals surface area contributed by atoms with Crippen LogP contribution in [0.15, 0.2) is 18.2 Å². The maximum atomic E-state index is 14.1. The van der Waals surface area contributed by atoms with E-state index in [1.165, 1.54) is 4.90 Å². The van der Waals surface area contributed by atoms with Gasteiger partial charge in [-0.2, -0.15) is 0 Å². The van der Waals surface area contributed by atoms with Crippen molar-refractivity contribution in [2.24, 2.45) is 5.73 Å². The summed E-state index contributed by atoms with van der Waals surface area (Å²) in [6.07, 6.45) is -4.79. The number of ether oxygens (including phenoxy) is 1. The lowest BCUT2D eigenvalue weighted by Crippen LogP contribution is -2.58. The smallest absolute Gasteiger partial charge is 0.406 e. The number of hydrogen-bond donors (Lipinski definition) is 2. The minimum Gasteiger partial charge on any atom is -0.406 e. The molecule has 1 aromatic carbocycles. The number of primary amides is 1. The van der Waals surface area contributed by atoms with Crippen molar-refractivity contribution in [1.82, 2.24) is 15.1 Å². The highest BCUT2D eigenvalue weighted by Gasteiger charge is 2.41. The molecule has 0 radical (unpaired) electrons. The minimum absolute atomic E-state index is 0.0422. The van der Waals surface area contributed by atoms with Gasteiger partial charge in [0.05, 0.1) is 12.6 Å². The van der Waals surface area contributed by atoms with Crippen LogP contribution in [0.25, 0.3) is 0 Å². The third-order valence-electron chi connectivity index (χ3n) is 4.95. The van der Waals surface area contributed by atoms with Gasteiger partial charge in [0.1, 0.15) is 17.7 Å². The molecule has 30 heavy (non-hydrogen) atoms. The highest BCUT2D eigenvalue weighted by molar-refractivity contribution is 5.76. The average Bonchev–Trinajstić information content (AvgIpc) is 3.44. The van der Waals surface area contributed by atoms with Crippen LogP contribution < -0.4 is 15.8 Å². The molecule has 1 aliphatic heterocycles. The van der Waals surface area contributed by atoms with Gasteiger partial charge in [0.25, 0.3) is 0 Å². The molecule has 7 nitrogen and oxygen atoms in total. The number of nitrogens with two attached hydrogens (primary N) is 1. The van der Waals surface area contributed by atoms with Crippen molar-refractivity contribution in [3.63, 3.8) is 0 Å². The normalized spacial score (nSPS) is 21.8. The predicted octanol–water partition coefficient (Wildman–Crippen LogP) is 2.89. The van der Waals surface area contributed by atoms with E-state index in [1.807, 2.05) is 0 Å². The summed E-state index contributed by atoms with van der Waals surface area (Å²) < 4.78 is 68.4. The number of likely N-dealkylation sites (tertiary alicyclic amines) is 1. The minimum atomic E-state index is -4.94. The van der Waals surface area contributed by atoms with Gasteiger partial charge in [-0.25, -0.2) is 18.4 Å². The van der Waals surface area contributed by atoms with Crippen LogP contribution >= 0.6 is 0 Å². The molecule has 2 fully saturated rings. The highest BCUT2D eigenvalue weighted by atomic mass is 19.4. The molecular formula is C18H21F5N4O3. The van der Waals surface area contributed by atoms with Crippen LogP contribution in [0.2, 0.25) is 0 Å². The second-order valence-corrected chi connectivity index (χ2v) is 7.33. The molecule has 12 heteroatoms. The molecule has 3 rings (SSSR count). The molecule has 0 bridgehead atoms. The SMILES string of the molecule is NC(=O)N1CC(N(C(=O)NCc2ccc(OC(F)(F)F)cc2F)C2CC2)C[C@H](F)C1. The topological polar surface area (TPSA) is 87.9 Å². The van der Waals surface area contributed by atoms with E-state index in [-0.39, 0.29) is 37.7 Å². The Labute approximate surface area is 168 Å². The quantitative estimate of drug-likeness (QED) is 0.696. The fourth-order valence-electron chi connectivity index (χ4n) is 3.51. The molecule has 3 N–H and O–H groups in total. The van der Waals surface area contributed by atoms with Gasteiger partial charge in [-0.3, -0.25) is 0 Å². The lowest BCUT2D eigenvalue weighted by atomic mass is 10.0. The number of piperidine rings is 1. The number of carbonyl (C=O) groups excluding carboxylic acids is 2. The second kappa shape index (κ2) is 8.52. The van der Waals surface area contributed by atoms with E-state index >= 15 is 0 Å². The van der Waals surface area contributed by atoms with Crippen molar-refractivity contribution in [3.8, 4) is 5.75 Å². The van der Waals surface area contributed by atoms with Gasteiger partial charge in [0.15, 0.2) is 0 Å². The zero-order chi connectivity index (χ0) is 22.1. The van der Waals surface area contributed by atoms with Gasteiger partial charge in [0, 0.05) is 37.2 Å². The van der Waals surface area contributed by atoms with Gasteiger partial charge in [-0.1, -0.05) is 6.07 Å². The number of nitrogens with zero attached hydrogens (tertiary/aromatic N) is 2. The number of alkyl halides is 4. The van der Waals surface area contributed by atoms with Gasteiger partial charge in [-0.05, 0) is 18.9 Å². The van der Waals surface area contributed by atoms with Crippen molar-refractivity contribution >= 4 is 12.1 Å². The summed E-state index contributed by atoms with van der Waals surface area (Å²) >= 11 is 0. The Bertz CT molecular complexity index is 803. The van der Waals surface area contributed by atoms with Crippen molar-refractivity contribution in [1.29, 1.82) is 0 Å². The molecule has 2 atom stereocenters. The average molecular weight is 436 g/mol. The van der Waals surface area contributed by atoms with E-state index in [0.717, 1.165) is 29.9 Å². The van der Waals surface area contributed by atoms with E-state index in [1.54, 1.807) is 0 Å². The molecule has 0 aromatic heterocycles. The van der Waals surface area contributed by atoms with Crippen LogP contribution in [-0.2, 0) is 6.54 Å². The summed E-state index contributed by atoms with van der Waals surface area (Å²) in [5, 5.41) is 2.51. The number of benzene rings is 1. The monoisotopic (exact) mass is 436 g/mol. The number of carbonyl (C=O) groups is 2. The van der Waals surface area contributed by atoms with Crippen molar-refractivity contribution in [2.45, 2.75) is 50.4 Å². The summed E-state index contributed by atoms with van der Waals surface area (Å²) in [7, 11) is 0. The van der Waals surface area contributed by atoms with Gasteiger partial charge >= 0.3 is 18.4 Å². The second-order valence-electron chi connectivity index (χ2n) is 7.33. The lowest BCUT2D eigenvalue weighted by Gasteiger charge is -2.40. The first kappa shape index (κ1) is 21.9. The van der Waals surface area contributed by atoms with Crippen LogP contribution in [0, 0.1) is 5.82 Å². The van der Waals surface area contributed by atoms with Gasteiger partial charge in [0.2, 0.25) is 0 Å². The summed E-state index contributed by atoms with van der Waals surface area (Å²) in [4.78, 5) is 26.7. The molecule has 4 amide bonds. The number of nitrogens with one attached hydrogen (secondary N) is 1. The molecule has 1 saturated heterocycles. The Hall–Kier alpha value is -2.79. The van der Waals surface area contributed by atoms with Crippen LogP contribution in [0.5, 0.6) is 5.75 Å². The van der Waals surface area contributed by atoms with Crippen molar-refractivity contribution in [3.05, 3.63) is 29.6 Å². The number of hydrogen-bond acceptors (Lipinski definition) is 3. The van der Waals surface area contributed by atoms with E-state index < -0.39 is 42.2 Å². The molecule has 1 heterocycles. The summed E-state index contributed by atoms with van der Waals surface area (Å²) in [6, 6.07) is 0.538. The maximum absolute atomic E-state index is 14.1. The third kappa shape index (κ3) is 5.63. The summed E-state index contributed by atoms with van der Waals surface area (Å²) in [5.74, 6) is -1.69. The first-order valence-electron chi connectivity index (χ1n) is 9.32. The lowest BCUT2D eigenvalue weighted by molar-refractivity contribution is -0.274. The fourth-order valence-corrected chi connectivity index (χ4v) is 3.51. The number of urea groups is 2. The summed E-state index contributed by atoms with van der Waals surface area (Å²) in [5.41, 5.74) is 5.20. The standard InChI is InChI=1S/C18H21F5N4O3/c19-11-5-13(9-26(8-11)16(24)28)27(12-2-3-12)17(29)25-7-10-1-4-14(6-15(10)20)30-18(21,22)23/h1,4,6,11-13H,2-3,5,7-9H2,(H2,24,28)(H,25,29)/t11-,13?/m0/s1. The van der Waals surface area contributed by atoms with Crippen molar-refractivity contribution < 1.29 is 36.3 Å². The zero-order valence-electron chi connectivity index (χ0n) is 15.8. The van der Waals surface area contributed by atoms with E-state index in [2.05, 4.69) is 10.1 Å². The van der Waals surface area contributed by atoms with Crippen LogP contribution in [0.4, 0.5) is 31.5 Å². The van der Waals surface area contributed by atoms with Crippen LogP contribution in [0.1, 0.15) is 24.8 Å². The maximum Gasteiger partial charge on any atom is 0.573 e. The van der Waals surface area contributed by atoms with E-state index in [0.29, 0.717) is 6.07 Å². The third-order valence-corrected chi connectivity index (χ3v) is 4.95. The van der Waals surface area contributed by atoms with Gasteiger partial charge < -0.3 is 25.6 Å². The molecule has 0 spiro atoms. The Balaban J connectivity index is 1.64. The molecule has 1 saturated carbocycles. The zero-order valence-corrected chi connectivity index (χ0v) is 15.8. The summed E-state index contributed by atoms with van der Waals surface area (Å²) in [6.45, 7) is -0.327. The Morgan fingerprint density at radius 2 is 1.93 bits per heavy atom. The largest absolute Gasteiger partial charge is 0.573 e. The molecule has 1 unspecified atom stereocenters. The Morgan fingerprint density at radius 3 is 2.50 bits per heavy atom. The highest BCUT2D eigenvalue weighted by Crippen LogP contribution is 2.32. The van der Waals surface area contributed by atoms with E-state index in [4.69, 9.17) is 5.73 Å². The first-order valence-corrected chi connectivity index (χ1v) is 9.32. The van der Waals surface area contributed by atoms with Crippen LogP contribution in [-0.4, -0.2) is 59.6 Å². The molecule has 166 valence electrons. The molecule has 2 aliphatic rings. The first-order chi connectivity index (χ1) is 14.0. The van der Waals surface area contributed by atoms with Crippen molar-refractivity contribution in [2.75, 3.05) is 13.1 Å². The number of amides is 4. The number of rotatable bonds is 5. The molecule has 1 aromatic rings. The van der Waals surface area contributed by atoms with Gasteiger partial charge in [-0.15, -0.1) is 13.2 Å². The molecular weight excluding hydrogens is 415 g/mol. The van der Waals surface area contributed by atoms with E-state index in [9.17, 15) is 31.5 Å². The Kier molecular flexibility index (Phi) is 6.22. The Morgan fingerprint density at radius 1 is 1.23 bits per heavy atom.